The number of rotatable bonds is 11. The highest BCUT2D eigenvalue weighted by Crippen LogP contribution is 2.48. The number of unbranched alkanes of at least 4 members (excludes halogenated alkanes) is 1. The molecule has 2 aliphatic rings. The smallest absolute Gasteiger partial charge is 0.274 e. The van der Waals surface area contributed by atoms with Crippen LogP contribution in [-0.4, -0.2) is 49.1 Å². The highest BCUT2D eigenvalue weighted by molar-refractivity contribution is 5.94. The molecule has 4 N–H and O–H groups in total. The van der Waals surface area contributed by atoms with Crippen LogP contribution in [0.3, 0.4) is 0 Å². The third-order valence-corrected chi connectivity index (χ3v) is 7.19. The summed E-state index contributed by atoms with van der Waals surface area (Å²) in [6, 6.07) is 11.7. The van der Waals surface area contributed by atoms with Gasteiger partial charge in [0.1, 0.15) is 11.6 Å². The zero-order valence-electron chi connectivity index (χ0n) is 20.2. The van der Waals surface area contributed by atoms with Gasteiger partial charge in [-0.3, -0.25) is 14.8 Å². The Hall–Kier alpha value is -2.81. The topological polar surface area (TPSA) is 93.7 Å². The van der Waals surface area contributed by atoms with Crippen molar-refractivity contribution < 1.29 is 19.2 Å². The summed E-state index contributed by atoms with van der Waals surface area (Å²) in [5.74, 6) is -1.09. The number of benzene rings is 2. The van der Waals surface area contributed by atoms with E-state index in [2.05, 4.69) is 22.5 Å². The number of carbonyl (C=O) groups excluding carboxylic acids is 2. The van der Waals surface area contributed by atoms with E-state index < -0.39 is 5.91 Å². The average Bonchev–Trinajstić information content (AvgIpc) is 3.17. The molecule has 35 heavy (non-hydrogen) atoms. The van der Waals surface area contributed by atoms with Crippen molar-refractivity contribution in [1.29, 1.82) is 0 Å². The number of carbonyl (C=O) groups is 2. The van der Waals surface area contributed by atoms with Crippen LogP contribution in [0.25, 0.3) is 0 Å². The zero-order chi connectivity index (χ0) is 24.8. The second kappa shape index (κ2) is 11.7. The summed E-state index contributed by atoms with van der Waals surface area (Å²) in [7, 11) is 0. The number of halogens is 1. The summed E-state index contributed by atoms with van der Waals surface area (Å²) in [6.45, 7) is 6.10. The van der Waals surface area contributed by atoms with Crippen LogP contribution in [-0.2, 0) is 11.3 Å². The van der Waals surface area contributed by atoms with Gasteiger partial charge in [0.2, 0.25) is 0 Å². The molecule has 0 saturated heterocycles. The van der Waals surface area contributed by atoms with E-state index in [1.807, 2.05) is 12.1 Å². The third-order valence-electron chi connectivity index (χ3n) is 7.19. The van der Waals surface area contributed by atoms with Crippen LogP contribution in [0.15, 0.2) is 42.5 Å². The first kappa shape index (κ1) is 25.3. The van der Waals surface area contributed by atoms with Gasteiger partial charge in [-0.1, -0.05) is 25.5 Å². The van der Waals surface area contributed by atoms with Crippen molar-refractivity contribution in [2.75, 3.05) is 31.1 Å². The van der Waals surface area contributed by atoms with E-state index in [9.17, 15) is 14.0 Å². The number of nitrogens with one attached hydrogen (secondary N) is 3. The van der Waals surface area contributed by atoms with Gasteiger partial charge in [-0.15, -0.1) is 0 Å². The normalized spacial score (nSPS) is 21.1. The molecule has 1 saturated carbocycles. The maximum Gasteiger partial charge on any atom is 0.274 e. The number of Topliss-reactive ketones (excluding diaryl/α,β-unsaturated/α-hetero) is 1. The Kier molecular flexibility index (Phi) is 8.49. The number of ketones is 1. The fraction of sp³-hybridized carbons (Fsp3) is 0.481. The standard InChI is InChI=1S/C27H35FN4O3/c1-2-3-12-29-13-14-30-16-20-8-10-24-25(26(20)33)22-15-21(28)9-11-23(22)32(24)17-18-4-6-19(7-5-18)27(34)31-35/h4-7,9,11,15,20,24-25,29-30,35H,2-3,8,10,12-14,16-17H2,1H3,(H,31,34). The van der Waals surface area contributed by atoms with Gasteiger partial charge in [-0.05, 0) is 67.3 Å². The van der Waals surface area contributed by atoms with Gasteiger partial charge in [0.15, 0.2) is 0 Å². The Labute approximate surface area is 206 Å². The lowest BCUT2D eigenvalue weighted by Crippen LogP contribution is -2.45. The second-order valence-corrected chi connectivity index (χ2v) is 9.50. The average molecular weight is 483 g/mol. The Morgan fingerprint density at radius 3 is 2.60 bits per heavy atom. The van der Waals surface area contributed by atoms with Crippen molar-refractivity contribution in [3.05, 3.63) is 65.0 Å². The van der Waals surface area contributed by atoms with Crippen LogP contribution in [0.1, 0.15) is 60.0 Å². The molecular weight excluding hydrogens is 447 g/mol. The van der Waals surface area contributed by atoms with E-state index in [1.165, 1.54) is 25.0 Å². The van der Waals surface area contributed by atoms with Gasteiger partial charge in [0.25, 0.3) is 5.91 Å². The fourth-order valence-electron chi connectivity index (χ4n) is 5.34. The van der Waals surface area contributed by atoms with Crippen molar-refractivity contribution in [1.82, 2.24) is 16.1 Å². The zero-order valence-corrected chi connectivity index (χ0v) is 20.2. The monoisotopic (exact) mass is 482 g/mol. The van der Waals surface area contributed by atoms with Crippen molar-refractivity contribution >= 4 is 17.4 Å². The van der Waals surface area contributed by atoms with Gasteiger partial charge < -0.3 is 15.5 Å². The number of hydroxylamine groups is 1. The first-order valence-electron chi connectivity index (χ1n) is 12.6. The van der Waals surface area contributed by atoms with E-state index in [4.69, 9.17) is 5.21 Å². The van der Waals surface area contributed by atoms with Gasteiger partial charge in [-0.25, -0.2) is 9.87 Å². The molecule has 1 amide bonds. The van der Waals surface area contributed by atoms with Crippen molar-refractivity contribution in [2.45, 2.75) is 51.1 Å². The van der Waals surface area contributed by atoms with Gasteiger partial charge >= 0.3 is 0 Å². The fourth-order valence-corrected chi connectivity index (χ4v) is 5.34. The molecule has 7 nitrogen and oxygen atoms in total. The molecule has 188 valence electrons. The molecule has 3 unspecified atom stereocenters. The van der Waals surface area contributed by atoms with Crippen LogP contribution >= 0.6 is 0 Å². The van der Waals surface area contributed by atoms with Crippen LogP contribution in [0, 0.1) is 11.7 Å². The van der Waals surface area contributed by atoms with Gasteiger partial charge in [0, 0.05) is 49.4 Å². The highest BCUT2D eigenvalue weighted by atomic mass is 19.1. The van der Waals surface area contributed by atoms with E-state index in [1.54, 1.807) is 23.7 Å². The molecule has 4 rings (SSSR count). The second-order valence-electron chi connectivity index (χ2n) is 9.50. The number of hydrogen-bond acceptors (Lipinski definition) is 6. The van der Waals surface area contributed by atoms with Crippen molar-refractivity contribution in [3.8, 4) is 0 Å². The van der Waals surface area contributed by atoms with Gasteiger partial charge in [-0.2, -0.15) is 0 Å². The summed E-state index contributed by atoms with van der Waals surface area (Å²) in [6.07, 6.45) is 4.00. The molecular formula is C27H35FN4O3. The van der Waals surface area contributed by atoms with E-state index in [-0.39, 0.29) is 29.5 Å². The Morgan fingerprint density at radius 1 is 1.09 bits per heavy atom. The number of amides is 1. The molecule has 1 aliphatic carbocycles. The van der Waals surface area contributed by atoms with Gasteiger partial charge in [0.05, 0.1) is 5.92 Å². The molecule has 1 heterocycles. The minimum Gasteiger partial charge on any atom is -0.363 e. The predicted molar refractivity (Wildman–Crippen MR) is 133 cm³/mol. The molecule has 0 aromatic heterocycles. The van der Waals surface area contributed by atoms with Crippen LogP contribution in [0.2, 0.25) is 0 Å². The number of anilines is 1. The Bertz CT molecular complexity index is 1030. The lowest BCUT2D eigenvalue weighted by atomic mass is 9.75. The molecule has 3 atom stereocenters. The van der Waals surface area contributed by atoms with Crippen LogP contribution in [0.4, 0.5) is 10.1 Å². The number of nitrogens with zero attached hydrogens (tertiary/aromatic N) is 1. The van der Waals surface area contributed by atoms with Crippen molar-refractivity contribution in [3.63, 3.8) is 0 Å². The molecule has 2 aromatic carbocycles. The molecule has 1 aliphatic heterocycles. The largest absolute Gasteiger partial charge is 0.363 e. The summed E-state index contributed by atoms with van der Waals surface area (Å²) >= 11 is 0. The van der Waals surface area contributed by atoms with E-state index in [0.29, 0.717) is 18.7 Å². The minimum atomic E-state index is -0.562. The first-order chi connectivity index (χ1) is 17.0. The lowest BCUT2D eigenvalue weighted by Gasteiger charge is -2.36. The molecule has 0 radical (unpaired) electrons. The number of hydrogen-bond donors (Lipinski definition) is 4. The van der Waals surface area contributed by atoms with Crippen molar-refractivity contribution in [2.24, 2.45) is 5.92 Å². The first-order valence-corrected chi connectivity index (χ1v) is 12.6. The maximum atomic E-state index is 14.2. The SMILES string of the molecule is CCCCNCCNCC1CCC2C(C1=O)c1cc(F)ccc1N2Cc1ccc(C(=O)NO)cc1. The number of fused-ring (bicyclic) bond motifs is 3. The summed E-state index contributed by atoms with van der Waals surface area (Å²) < 4.78 is 14.2. The molecule has 1 fully saturated rings. The summed E-state index contributed by atoms with van der Waals surface area (Å²) in [5, 5.41) is 15.7. The van der Waals surface area contributed by atoms with Crippen LogP contribution in [0.5, 0.6) is 0 Å². The molecule has 2 aromatic rings. The quantitative estimate of drug-likeness (QED) is 0.223. The van der Waals surface area contributed by atoms with E-state index in [0.717, 1.165) is 49.3 Å². The molecule has 8 heteroatoms. The predicted octanol–water partition coefficient (Wildman–Crippen LogP) is 3.38. The van der Waals surface area contributed by atoms with Crippen LogP contribution < -0.4 is 21.0 Å². The summed E-state index contributed by atoms with van der Waals surface area (Å²) in [5.41, 5.74) is 4.66. The molecule has 0 spiro atoms. The Balaban J connectivity index is 1.44. The lowest BCUT2D eigenvalue weighted by molar-refractivity contribution is -0.126. The summed E-state index contributed by atoms with van der Waals surface area (Å²) in [4.78, 5) is 27.4. The van der Waals surface area contributed by atoms with E-state index >= 15 is 0 Å². The third kappa shape index (κ3) is 5.72. The maximum absolute atomic E-state index is 14.2. The molecule has 0 bridgehead atoms. The Morgan fingerprint density at radius 2 is 1.86 bits per heavy atom. The highest BCUT2D eigenvalue weighted by Gasteiger charge is 2.47. The minimum absolute atomic E-state index is 0.00771.